The number of ether oxygens (including phenoxy) is 6. The van der Waals surface area contributed by atoms with Gasteiger partial charge in [-0.3, -0.25) is 0 Å². The van der Waals surface area contributed by atoms with Crippen LogP contribution in [0.3, 0.4) is 0 Å². The third-order valence-electron chi connectivity index (χ3n) is 8.35. The maximum absolute atomic E-state index is 13.7. The summed E-state index contributed by atoms with van der Waals surface area (Å²) in [6.07, 6.45) is -9.90. The average molecular weight is 736 g/mol. The number of aliphatic hydroxyl groups is 1. The van der Waals surface area contributed by atoms with Crippen LogP contribution in [0.5, 0.6) is 0 Å². The zero-order valence-electron chi connectivity index (χ0n) is 26.8. The second kappa shape index (κ2) is 16.1. The third kappa shape index (κ3) is 8.41. The first-order valence-corrected chi connectivity index (χ1v) is 16.7. The van der Waals surface area contributed by atoms with Crippen LogP contribution in [0.2, 0.25) is 0 Å². The minimum absolute atomic E-state index is 0.0131. The van der Waals surface area contributed by atoms with E-state index in [-0.39, 0.29) is 28.7 Å². The van der Waals surface area contributed by atoms with Crippen LogP contribution in [0.1, 0.15) is 47.9 Å². The molecule has 2 fully saturated rings. The van der Waals surface area contributed by atoms with Crippen LogP contribution in [0, 0.1) is 0 Å². The van der Waals surface area contributed by atoms with E-state index in [0.29, 0.717) is 0 Å². The zero-order valence-corrected chi connectivity index (χ0v) is 28.3. The molecule has 1 saturated heterocycles. The SMILES string of the molecule is O=C(OC[C@H]1O[C@@H](O[C@@H]2C[C@H](O)C2(Cl)Cl)[C@H](OC(=O)c2ccccc2)[C@@H](OC(=O)c2ccccc2)[C@@H]1OC(=O)c1ccccc1)c1ccccc1. The first-order valence-electron chi connectivity index (χ1n) is 16.0. The average Bonchev–Trinajstić information content (AvgIpc) is 3.17. The van der Waals surface area contributed by atoms with Crippen molar-refractivity contribution in [2.24, 2.45) is 0 Å². The van der Waals surface area contributed by atoms with Gasteiger partial charge in [-0.25, -0.2) is 19.2 Å². The molecule has 4 aromatic carbocycles. The van der Waals surface area contributed by atoms with E-state index in [1.54, 1.807) is 84.9 Å². The van der Waals surface area contributed by atoms with E-state index < -0.39 is 77.7 Å². The molecule has 1 N–H and O–H groups in total. The molecular weight excluding hydrogens is 703 g/mol. The molecule has 0 amide bonds. The Kier molecular flexibility index (Phi) is 11.3. The maximum atomic E-state index is 13.7. The Morgan fingerprint density at radius 1 is 0.608 bits per heavy atom. The molecule has 7 atom stereocenters. The van der Waals surface area contributed by atoms with Crippen LogP contribution >= 0.6 is 23.2 Å². The molecule has 11 nitrogen and oxygen atoms in total. The van der Waals surface area contributed by atoms with Crippen molar-refractivity contribution in [2.45, 2.75) is 53.7 Å². The summed E-state index contributed by atoms with van der Waals surface area (Å²) in [5.74, 6) is -3.26. The maximum Gasteiger partial charge on any atom is 0.338 e. The summed E-state index contributed by atoms with van der Waals surface area (Å²) in [7, 11) is 0. The van der Waals surface area contributed by atoms with Crippen molar-refractivity contribution in [3.8, 4) is 0 Å². The van der Waals surface area contributed by atoms with Crippen LogP contribution < -0.4 is 0 Å². The van der Waals surface area contributed by atoms with Gasteiger partial charge < -0.3 is 33.5 Å². The van der Waals surface area contributed by atoms with Crippen LogP contribution in [0.4, 0.5) is 0 Å². The summed E-state index contributed by atoms with van der Waals surface area (Å²) in [4.78, 5) is 53.9. The molecule has 13 heteroatoms. The fourth-order valence-electron chi connectivity index (χ4n) is 5.52. The van der Waals surface area contributed by atoms with E-state index in [2.05, 4.69) is 0 Å². The number of hydrogen-bond donors (Lipinski definition) is 1. The van der Waals surface area contributed by atoms with Crippen molar-refractivity contribution < 1.29 is 52.7 Å². The Labute approximate surface area is 302 Å². The minimum Gasteiger partial charge on any atom is -0.459 e. The second-order valence-corrected chi connectivity index (χ2v) is 13.2. The van der Waals surface area contributed by atoms with Crippen molar-refractivity contribution in [1.29, 1.82) is 0 Å². The highest BCUT2D eigenvalue weighted by Crippen LogP contribution is 2.46. The molecule has 2 aliphatic rings. The monoisotopic (exact) mass is 734 g/mol. The van der Waals surface area contributed by atoms with Crippen LogP contribution in [0.25, 0.3) is 0 Å². The van der Waals surface area contributed by atoms with Gasteiger partial charge in [0.15, 0.2) is 28.9 Å². The van der Waals surface area contributed by atoms with E-state index >= 15 is 0 Å². The molecule has 0 spiro atoms. The van der Waals surface area contributed by atoms with Gasteiger partial charge in [0.2, 0.25) is 0 Å². The lowest BCUT2D eigenvalue weighted by atomic mass is 9.90. The highest BCUT2D eigenvalue weighted by atomic mass is 35.5. The standard InChI is InChI=1S/C38H32Cl2O11/c39-38(40)28(41)21-29(38)48-37-32(51-36(45)26-19-11-4-12-20-26)31(50-35(44)25-17-9-3-10-18-25)30(49-34(43)24-15-7-2-8-16-24)27(47-37)22-46-33(42)23-13-5-1-6-14-23/h1-20,27-32,37,41H,21-22H2/t27-,28+,29-,30-,31+,32-,37+/m1/s1. The number of rotatable bonds is 11. The first kappa shape index (κ1) is 36.0. The molecule has 4 aromatic rings. The number of carbonyl (C=O) groups is 4. The Hall–Kier alpha value is -4.78. The van der Waals surface area contributed by atoms with E-state index in [0.717, 1.165) is 0 Å². The molecule has 0 bridgehead atoms. The van der Waals surface area contributed by atoms with Crippen molar-refractivity contribution in [1.82, 2.24) is 0 Å². The van der Waals surface area contributed by atoms with Crippen molar-refractivity contribution in [3.05, 3.63) is 144 Å². The van der Waals surface area contributed by atoms with Gasteiger partial charge in [-0.05, 0) is 48.5 Å². The van der Waals surface area contributed by atoms with Crippen molar-refractivity contribution in [2.75, 3.05) is 6.61 Å². The Morgan fingerprint density at radius 2 is 1.00 bits per heavy atom. The molecule has 1 aliphatic carbocycles. The fourth-order valence-corrected chi connectivity index (χ4v) is 5.98. The molecular formula is C38H32Cl2O11. The summed E-state index contributed by atoms with van der Waals surface area (Å²) in [5, 5.41) is 10.2. The molecule has 0 radical (unpaired) electrons. The van der Waals surface area contributed by atoms with E-state index in [1.807, 2.05) is 0 Å². The Morgan fingerprint density at radius 3 is 1.41 bits per heavy atom. The predicted molar refractivity (Wildman–Crippen MR) is 182 cm³/mol. The molecule has 264 valence electrons. The van der Waals surface area contributed by atoms with E-state index in [1.165, 1.54) is 36.4 Å². The van der Waals surface area contributed by atoms with Crippen molar-refractivity contribution >= 4 is 47.1 Å². The lowest BCUT2D eigenvalue weighted by Gasteiger charge is -2.49. The van der Waals surface area contributed by atoms with Crippen LogP contribution in [-0.4, -0.2) is 82.8 Å². The van der Waals surface area contributed by atoms with E-state index in [4.69, 9.17) is 51.6 Å². The zero-order chi connectivity index (χ0) is 36.0. The number of halogens is 2. The molecule has 0 aromatic heterocycles. The lowest BCUT2D eigenvalue weighted by Crippen LogP contribution is -2.66. The van der Waals surface area contributed by atoms with Gasteiger partial charge in [-0.15, -0.1) is 0 Å². The van der Waals surface area contributed by atoms with Gasteiger partial charge in [0.25, 0.3) is 0 Å². The number of aliphatic hydroxyl groups excluding tert-OH is 1. The second-order valence-electron chi connectivity index (χ2n) is 11.8. The van der Waals surface area contributed by atoms with Crippen LogP contribution in [0.15, 0.2) is 121 Å². The first-order chi connectivity index (χ1) is 24.6. The highest BCUT2D eigenvalue weighted by Gasteiger charge is 2.59. The van der Waals surface area contributed by atoms with Gasteiger partial charge in [0.1, 0.15) is 12.7 Å². The Bertz CT molecular complexity index is 1810. The molecule has 1 heterocycles. The predicted octanol–water partition coefficient (Wildman–Crippen LogP) is 5.57. The van der Waals surface area contributed by atoms with Gasteiger partial charge in [0.05, 0.1) is 34.5 Å². The number of carbonyl (C=O) groups excluding carboxylic acids is 4. The highest BCUT2D eigenvalue weighted by molar-refractivity contribution is 6.50. The molecule has 6 rings (SSSR count). The number of esters is 4. The molecule has 51 heavy (non-hydrogen) atoms. The van der Waals surface area contributed by atoms with Gasteiger partial charge in [-0.2, -0.15) is 0 Å². The summed E-state index contributed by atoms with van der Waals surface area (Å²) in [5.41, 5.74) is 0.666. The topological polar surface area (TPSA) is 144 Å². The van der Waals surface area contributed by atoms with Gasteiger partial charge >= 0.3 is 23.9 Å². The number of benzene rings is 4. The normalized spacial score (nSPS) is 25.0. The number of alkyl halides is 2. The summed E-state index contributed by atoms with van der Waals surface area (Å²) in [6, 6.07) is 32.1. The number of hydrogen-bond acceptors (Lipinski definition) is 11. The summed E-state index contributed by atoms with van der Waals surface area (Å²) in [6.45, 7) is -0.529. The smallest absolute Gasteiger partial charge is 0.338 e. The summed E-state index contributed by atoms with van der Waals surface area (Å²) >= 11 is 12.7. The minimum atomic E-state index is -1.76. The van der Waals surface area contributed by atoms with Gasteiger partial charge in [-0.1, -0.05) is 96.0 Å². The third-order valence-corrected chi connectivity index (χ3v) is 9.34. The summed E-state index contributed by atoms with van der Waals surface area (Å²) < 4.78 is 34.2. The van der Waals surface area contributed by atoms with Crippen LogP contribution in [-0.2, 0) is 28.4 Å². The molecule has 1 saturated carbocycles. The lowest BCUT2D eigenvalue weighted by molar-refractivity contribution is -0.318. The van der Waals surface area contributed by atoms with Crippen molar-refractivity contribution in [3.63, 3.8) is 0 Å². The largest absolute Gasteiger partial charge is 0.459 e. The fraction of sp³-hybridized carbons (Fsp3) is 0.263. The Balaban J connectivity index is 1.40. The molecule has 0 unspecified atom stereocenters. The quantitative estimate of drug-likeness (QED) is 0.117. The molecule has 1 aliphatic heterocycles. The van der Waals surface area contributed by atoms with Gasteiger partial charge in [0, 0.05) is 6.42 Å². The van der Waals surface area contributed by atoms with E-state index in [9.17, 15) is 24.3 Å².